The molecular formula is C31H32F6N2O2. The van der Waals surface area contributed by atoms with Crippen LogP contribution in [0.4, 0.5) is 36.8 Å². The van der Waals surface area contributed by atoms with Crippen molar-refractivity contribution in [1.82, 2.24) is 4.90 Å². The van der Waals surface area contributed by atoms with Gasteiger partial charge in [-0.2, -0.15) is 26.3 Å². The van der Waals surface area contributed by atoms with Gasteiger partial charge in [-0.15, -0.1) is 0 Å². The Hall–Kier alpha value is -3.69. The first kappa shape index (κ1) is 30.3. The Kier molecular flexibility index (Phi) is 9.19. The number of fused-ring (bicyclic) bond motifs is 1. The third-order valence-electron chi connectivity index (χ3n) is 7.16. The van der Waals surface area contributed by atoms with E-state index in [9.17, 15) is 31.1 Å². The smallest absolute Gasteiger partial charge is 0.416 e. The maximum Gasteiger partial charge on any atom is 0.416 e. The predicted octanol–water partition coefficient (Wildman–Crippen LogP) is 8.40. The maximum atomic E-state index is 13.5. The number of alkyl halides is 6. The van der Waals surface area contributed by atoms with Crippen molar-refractivity contribution in [2.24, 2.45) is 0 Å². The third kappa shape index (κ3) is 7.54. The SMILES string of the molecule is CCCN(Cc1ccccc1)c1cc2c(cc1CN(Cc1cc(C(F)(F)F)cc(C(F)(F)F)c1)C(=O)OC)CCC2. The van der Waals surface area contributed by atoms with Gasteiger partial charge in [0, 0.05) is 25.3 Å². The lowest BCUT2D eigenvalue weighted by Gasteiger charge is -2.30. The van der Waals surface area contributed by atoms with Crippen molar-refractivity contribution in [2.75, 3.05) is 18.6 Å². The normalized spacial score (nSPS) is 13.2. The molecular weight excluding hydrogens is 546 g/mol. The van der Waals surface area contributed by atoms with E-state index < -0.39 is 36.1 Å². The van der Waals surface area contributed by atoms with Crippen LogP contribution in [0.2, 0.25) is 0 Å². The van der Waals surface area contributed by atoms with Crippen LogP contribution in [0.15, 0.2) is 60.7 Å². The average molecular weight is 579 g/mol. The second-order valence-electron chi connectivity index (χ2n) is 10.3. The fourth-order valence-corrected chi connectivity index (χ4v) is 5.29. The molecule has 220 valence electrons. The van der Waals surface area contributed by atoms with Crippen molar-refractivity contribution in [2.45, 2.75) is 64.6 Å². The zero-order chi connectivity index (χ0) is 29.8. The van der Waals surface area contributed by atoms with Gasteiger partial charge in [-0.25, -0.2) is 4.79 Å². The number of ether oxygens (including phenoxy) is 1. The van der Waals surface area contributed by atoms with Crippen LogP contribution in [0.3, 0.4) is 0 Å². The van der Waals surface area contributed by atoms with E-state index in [0.29, 0.717) is 25.2 Å². The summed E-state index contributed by atoms with van der Waals surface area (Å²) in [6.45, 7) is 2.81. The van der Waals surface area contributed by atoms with E-state index in [2.05, 4.69) is 17.9 Å². The molecule has 0 unspecified atom stereocenters. The summed E-state index contributed by atoms with van der Waals surface area (Å²) in [5.74, 6) is 0. The number of benzene rings is 3. The summed E-state index contributed by atoms with van der Waals surface area (Å²) in [6, 6.07) is 15.4. The van der Waals surface area contributed by atoms with E-state index in [1.165, 1.54) is 5.56 Å². The number of halogens is 6. The number of rotatable bonds is 9. The highest BCUT2D eigenvalue weighted by atomic mass is 19.4. The Morgan fingerprint density at radius 2 is 1.41 bits per heavy atom. The standard InChI is InChI=1S/C31H32F6N2O2/c1-3-12-38(18-21-8-5-4-6-9-21)28-16-24-11-7-10-23(24)15-25(28)20-39(29(40)41-2)19-22-13-26(30(32,33)34)17-27(14-22)31(35,36)37/h4-6,8-9,13-17H,3,7,10-12,18-20H2,1-2H3. The van der Waals surface area contributed by atoms with Crippen molar-refractivity contribution in [3.05, 3.63) is 99.6 Å². The van der Waals surface area contributed by atoms with Crippen LogP contribution in [0.5, 0.6) is 0 Å². The summed E-state index contributed by atoms with van der Waals surface area (Å²) in [4.78, 5) is 16.2. The van der Waals surface area contributed by atoms with Gasteiger partial charge in [0.05, 0.1) is 24.8 Å². The van der Waals surface area contributed by atoms with E-state index in [1.54, 1.807) is 0 Å². The second kappa shape index (κ2) is 12.4. The molecule has 0 saturated heterocycles. The number of aryl methyl sites for hydroxylation is 2. The van der Waals surface area contributed by atoms with Gasteiger partial charge in [0.1, 0.15) is 0 Å². The van der Waals surface area contributed by atoms with E-state index >= 15 is 0 Å². The van der Waals surface area contributed by atoms with Crippen LogP contribution < -0.4 is 4.90 Å². The molecule has 10 heteroatoms. The lowest BCUT2D eigenvalue weighted by Crippen LogP contribution is -2.32. The quantitative estimate of drug-likeness (QED) is 0.239. The zero-order valence-corrected chi connectivity index (χ0v) is 22.9. The van der Waals surface area contributed by atoms with Crippen molar-refractivity contribution in [1.29, 1.82) is 0 Å². The summed E-state index contributed by atoms with van der Waals surface area (Å²) >= 11 is 0. The molecule has 4 rings (SSSR count). The molecule has 0 saturated carbocycles. The van der Waals surface area contributed by atoms with Crippen LogP contribution in [0.1, 0.15) is 58.7 Å². The number of hydrogen-bond donors (Lipinski definition) is 0. The van der Waals surface area contributed by atoms with Crippen LogP contribution in [0.25, 0.3) is 0 Å². The van der Waals surface area contributed by atoms with Gasteiger partial charge < -0.3 is 9.64 Å². The third-order valence-corrected chi connectivity index (χ3v) is 7.16. The van der Waals surface area contributed by atoms with Gasteiger partial charge in [-0.1, -0.05) is 43.3 Å². The lowest BCUT2D eigenvalue weighted by molar-refractivity contribution is -0.143. The average Bonchev–Trinajstić information content (AvgIpc) is 3.38. The minimum atomic E-state index is -4.99. The Labute approximate surface area is 235 Å². The number of anilines is 1. The van der Waals surface area contributed by atoms with Crippen LogP contribution in [0, 0.1) is 0 Å². The van der Waals surface area contributed by atoms with E-state index in [0.717, 1.165) is 60.1 Å². The minimum absolute atomic E-state index is 0.0537. The minimum Gasteiger partial charge on any atom is -0.453 e. The maximum absolute atomic E-state index is 13.5. The molecule has 0 radical (unpaired) electrons. The summed E-state index contributed by atoms with van der Waals surface area (Å²) in [7, 11) is 1.13. The molecule has 0 N–H and O–H groups in total. The Morgan fingerprint density at radius 1 is 0.805 bits per heavy atom. The Balaban J connectivity index is 1.74. The molecule has 0 bridgehead atoms. The summed E-state index contributed by atoms with van der Waals surface area (Å²) in [5.41, 5.74) is 1.90. The predicted molar refractivity (Wildman–Crippen MR) is 144 cm³/mol. The number of methoxy groups -OCH3 is 1. The number of carbonyl (C=O) groups excluding carboxylic acids is 1. The van der Waals surface area contributed by atoms with Gasteiger partial charge in [-0.3, -0.25) is 4.90 Å². The number of nitrogens with zero attached hydrogens (tertiary/aromatic N) is 2. The summed E-state index contributed by atoms with van der Waals surface area (Å²) in [5, 5.41) is 0. The number of amides is 1. The molecule has 1 aliphatic rings. The number of hydrogen-bond acceptors (Lipinski definition) is 3. The fraction of sp³-hybridized carbons (Fsp3) is 0.387. The van der Waals surface area contributed by atoms with Crippen molar-refractivity contribution in [3.8, 4) is 0 Å². The van der Waals surface area contributed by atoms with Gasteiger partial charge in [0.25, 0.3) is 0 Å². The highest BCUT2D eigenvalue weighted by Gasteiger charge is 2.37. The topological polar surface area (TPSA) is 32.8 Å². The zero-order valence-electron chi connectivity index (χ0n) is 22.9. The van der Waals surface area contributed by atoms with Gasteiger partial charge >= 0.3 is 18.4 Å². The van der Waals surface area contributed by atoms with Crippen molar-refractivity contribution < 1.29 is 35.9 Å². The van der Waals surface area contributed by atoms with Crippen molar-refractivity contribution >= 4 is 11.8 Å². The monoisotopic (exact) mass is 578 g/mol. The van der Waals surface area contributed by atoms with Crippen LogP contribution in [-0.4, -0.2) is 24.6 Å². The van der Waals surface area contributed by atoms with Crippen LogP contribution >= 0.6 is 0 Å². The highest BCUT2D eigenvalue weighted by molar-refractivity contribution is 5.69. The lowest BCUT2D eigenvalue weighted by atomic mass is 10.0. The number of carbonyl (C=O) groups is 1. The van der Waals surface area contributed by atoms with E-state index in [-0.39, 0.29) is 18.2 Å². The van der Waals surface area contributed by atoms with Crippen molar-refractivity contribution in [3.63, 3.8) is 0 Å². The first-order valence-electron chi connectivity index (χ1n) is 13.4. The largest absolute Gasteiger partial charge is 0.453 e. The molecule has 0 aliphatic heterocycles. The molecule has 4 nitrogen and oxygen atoms in total. The first-order chi connectivity index (χ1) is 19.4. The fourth-order valence-electron chi connectivity index (χ4n) is 5.29. The molecule has 3 aromatic rings. The molecule has 1 aliphatic carbocycles. The Bertz CT molecular complexity index is 1320. The van der Waals surface area contributed by atoms with Gasteiger partial charge in [0.2, 0.25) is 0 Å². The molecule has 0 aromatic heterocycles. The Morgan fingerprint density at radius 3 is 1.98 bits per heavy atom. The molecule has 0 fully saturated rings. The molecule has 41 heavy (non-hydrogen) atoms. The molecule has 0 atom stereocenters. The van der Waals surface area contributed by atoms with Crippen LogP contribution in [-0.2, 0) is 49.6 Å². The van der Waals surface area contributed by atoms with Gasteiger partial charge in [0.15, 0.2) is 0 Å². The summed E-state index contributed by atoms with van der Waals surface area (Å²) < 4.78 is 85.8. The second-order valence-corrected chi connectivity index (χ2v) is 10.3. The molecule has 0 heterocycles. The van der Waals surface area contributed by atoms with E-state index in [4.69, 9.17) is 4.74 Å². The summed E-state index contributed by atoms with van der Waals surface area (Å²) in [6.07, 6.45) is -7.24. The molecule has 0 spiro atoms. The first-order valence-corrected chi connectivity index (χ1v) is 13.4. The highest BCUT2D eigenvalue weighted by Crippen LogP contribution is 2.37. The van der Waals surface area contributed by atoms with E-state index in [1.807, 2.05) is 36.4 Å². The molecule has 3 aromatic carbocycles. The van der Waals surface area contributed by atoms with Gasteiger partial charge in [-0.05, 0) is 77.8 Å². The molecule has 1 amide bonds.